The summed E-state index contributed by atoms with van der Waals surface area (Å²) < 4.78 is 0. The van der Waals surface area contributed by atoms with E-state index in [1.165, 1.54) is 5.56 Å². The lowest BCUT2D eigenvalue weighted by molar-refractivity contribution is 0.406. The zero-order valence-electron chi connectivity index (χ0n) is 15.2. The van der Waals surface area contributed by atoms with Crippen molar-refractivity contribution in [1.29, 1.82) is 5.26 Å². The summed E-state index contributed by atoms with van der Waals surface area (Å²) in [5, 5.41) is 11.2. The Morgan fingerprint density at radius 3 is 2.50 bits per heavy atom. The van der Waals surface area contributed by atoms with Crippen LogP contribution in [-0.2, 0) is 6.54 Å². The molecule has 5 nitrogen and oxygen atoms in total. The maximum Gasteiger partial charge on any atom is 0.226 e. The highest BCUT2D eigenvalue weighted by Crippen LogP contribution is 2.23. The van der Waals surface area contributed by atoms with Crippen LogP contribution in [0.15, 0.2) is 47.4 Å². The topological polar surface area (TPSA) is 65.7 Å². The highest BCUT2D eigenvalue weighted by atomic mass is 32.1. The molecule has 26 heavy (non-hydrogen) atoms. The van der Waals surface area contributed by atoms with Crippen molar-refractivity contribution in [2.24, 2.45) is 5.41 Å². The van der Waals surface area contributed by atoms with Gasteiger partial charge in [-0.15, -0.1) is 11.3 Å². The highest BCUT2D eigenvalue weighted by molar-refractivity contribution is 7.07. The number of nitriles is 1. The van der Waals surface area contributed by atoms with E-state index >= 15 is 0 Å². The van der Waals surface area contributed by atoms with Crippen molar-refractivity contribution >= 4 is 17.3 Å². The Morgan fingerprint density at radius 1 is 1.12 bits per heavy atom. The van der Waals surface area contributed by atoms with Crippen molar-refractivity contribution in [3.8, 4) is 17.3 Å². The molecule has 0 aliphatic heterocycles. The SMILES string of the molecule is CC(C)(C)CN(Cc1ccc(-c2cscn2)cc1)c1nccc(C#N)n1. The van der Waals surface area contributed by atoms with E-state index in [2.05, 4.69) is 71.0 Å². The van der Waals surface area contributed by atoms with Crippen LogP contribution in [0.5, 0.6) is 0 Å². The van der Waals surface area contributed by atoms with Crippen molar-refractivity contribution in [2.75, 3.05) is 11.4 Å². The van der Waals surface area contributed by atoms with Crippen molar-refractivity contribution < 1.29 is 0 Å². The van der Waals surface area contributed by atoms with Gasteiger partial charge in [0, 0.05) is 30.2 Å². The Hall–Kier alpha value is -2.78. The first-order valence-corrected chi connectivity index (χ1v) is 9.34. The van der Waals surface area contributed by atoms with E-state index in [0.717, 1.165) is 17.8 Å². The van der Waals surface area contributed by atoms with Crippen LogP contribution < -0.4 is 4.90 Å². The van der Waals surface area contributed by atoms with E-state index in [1.54, 1.807) is 23.6 Å². The number of anilines is 1. The standard InChI is InChI=1S/C20H21N5S/c1-20(2,3)13-25(19-22-9-8-17(10-21)24-19)11-15-4-6-16(7-5-15)18-12-26-14-23-18/h4-9,12,14H,11,13H2,1-3H3. The van der Waals surface area contributed by atoms with Gasteiger partial charge in [0.1, 0.15) is 11.8 Å². The van der Waals surface area contributed by atoms with E-state index in [1.807, 2.05) is 10.9 Å². The lowest BCUT2D eigenvalue weighted by atomic mass is 9.96. The van der Waals surface area contributed by atoms with Gasteiger partial charge in [-0.25, -0.2) is 15.0 Å². The van der Waals surface area contributed by atoms with Gasteiger partial charge in [-0.2, -0.15) is 5.26 Å². The molecule has 0 radical (unpaired) electrons. The highest BCUT2D eigenvalue weighted by Gasteiger charge is 2.19. The van der Waals surface area contributed by atoms with Crippen molar-refractivity contribution in [2.45, 2.75) is 27.3 Å². The van der Waals surface area contributed by atoms with Crippen LogP contribution in [0.25, 0.3) is 11.3 Å². The average molecular weight is 363 g/mol. The fourth-order valence-corrected chi connectivity index (χ4v) is 3.25. The van der Waals surface area contributed by atoms with E-state index in [-0.39, 0.29) is 5.41 Å². The predicted molar refractivity (Wildman–Crippen MR) is 105 cm³/mol. The minimum absolute atomic E-state index is 0.0759. The number of benzene rings is 1. The first-order chi connectivity index (χ1) is 12.4. The molecule has 0 saturated heterocycles. The van der Waals surface area contributed by atoms with Crippen LogP contribution in [0.4, 0.5) is 5.95 Å². The predicted octanol–water partition coefficient (Wildman–Crippen LogP) is 4.52. The van der Waals surface area contributed by atoms with Gasteiger partial charge < -0.3 is 4.90 Å². The Balaban J connectivity index is 1.84. The third-order valence-electron chi connectivity index (χ3n) is 3.76. The van der Waals surface area contributed by atoms with E-state index in [4.69, 9.17) is 5.26 Å². The van der Waals surface area contributed by atoms with Crippen LogP contribution in [-0.4, -0.2) is 21.5 Å². The molecule has 0 amide bonds. The van der Waals surface area contributed by atoms with Gasteiger partial charge in [0.25, 0.3) is 0 Å². The van der Waals surface area contributed by atoms with Crippen LogP contribution in [0.3, 0.4) is 0 Å². The monoisotopic (exact) mass is 363 g/mol. The molecule has 3 aromatic rings. The normalized spacial score (nSPS) is 11.2. The molecule has 0 unspecified atom stereocenters. The fourth-order valence-electron chi connectivity index (χ4n) is 2.69. The van der Waals surface area contributed by atoms with Gasteiger partial charge in [-0.1, -0.05) is 45.0 Å². The molecule has 0 aliphatic rings. The molecule has 0 atom stereocenters. The first kappa shape index (κ1) is 18.0. The third-order valence-corrected chi connectivity index (χ3v) is 4.35. The molecular weight excluding hydrogens is 342 g/mol. The van der Waals surface area contributed by atoms with Crippen LogP contribution in [0.2, 0.25) is 0 Å². The zero-order valence-corrected chi connectivity index (χ0v) is 16.0. The lowest BCUT2D eigenvalue weighted by Gasteiger charge is -2.30. The van der Waals surface area contributed by atoms with Crippen LogP contribution >= 0.6 is 11.3 Å². The molecule has 0 aliphatic carbocycles. The summed E-state index contributed by atoms with van der Waals surface area (Å²) in [7, 11) is 0. The van der Waals surface area contributed by atoms with Crippen LogP contribution in [0.1, 0.15) is 32.0 Å². The Kier molecular flexibility index (Phi) is 5.29. The largest absolute Gasteiger partial charge is 0.336 e. The molecule has 2 aromatic heterocycles. The fraction of sp³-hybridized carbons (Fsp3) is 0.300. The maximum atomic E-state index is 9.12. The molecule has 2 heterocycles. The number of rotatable bonds is 5. The van der Waals surface area contributed by atoms with Crippen LogP contribution in [0, 0.1) is 16.7 Å². The molecule has 1 aromatic carbocycles. The van der Waals surface area contributed by atoms with E-state index in [0.29, 0.717) is 18.2 Å². The Labute approximate surface area is 158 Å². The minimum Gasteiger partial charge on any atom is -0.336 e. The number of aromatic nitrogens is 3. The minimum atomic E-state index is 0.0759. The summed E-state index contributed by atoms with van der Waals surface area (Å²) >= 11 is 1.59. The smallest absolute Gasteiger partial charge is 0.226 e. The summed E-state index contributed by atoms with van der Waals surface area (Å²) in [6.07, 6.45) is 1.64. The maximum absolute atomic E-state index is 9.12. The third kappa shape index (κ3) is 4.64. The quantitative estimate of drug-likeness (QED) is 0.666. The van der Waals surface area contributed by atoms with Gasteiger partial charge >= 0.3 is 0 Å². The molecule has 6 heteroatoms. The van der Waals surface area contributed by atoms with Gasteiger partial charge in [-0.05, 0) is 17.0 Å². The van der Waals surface area contributed by atoms with E-state index in [9.17, 15) is 0 Å². The molecule has 0 N–H and O–H groups in total. The summed E-state index contributed by atoms with van der Waals surface area (Å²) in [6, 6.07) is 12.1. The molecule has 0 bridgehead atoms. The molecule has 0 fully saturated rings. The summed E-state index contributed by atoms with van der Waals surface area (Å²) in [5.74, 6) is 0.586. The van der Waals surface area contributed by atoms with Crippen molar-refractivity contribution in [1.82, 2.24) is 15.0 Å². The second-order valence-corrected chi connectivity index (χ2v) is 8.06. The summed E-state index contributed by atoms with van der Waals surface area (Å²) in [6.45, 7) is 8.01. The number of nitrogens with zero attached hydrogens (tertiary/aromatic N) is 5. The Bertz CT molecular complexity index is 889. The number of hydrogen-bond donors (Lipinski definition) is 0. The summed E-state index contributed by atoms with van der Waals surface area (Å²) in [5.41, 5.74) is 5.57. The Morgan fingerprint density at radius 2 is 1.88 bits per heavy atom. The zero-order chi connectivity index (χ0) is 18.6. The first-order valence-electron chi connectivity index (χ1n) is 8.40. The molecule has 0 spiro atoms. The average Bonchev–Trinajstić information content (AvgIpc) is 3.15. The van der Waals surface area contributed by atoms with Gasteiger partial charge in [-0.3, -0.25) is 0 Å². The summed E-state index contributed by atoms with van der Waals surface area (Å²) in [4.78, 5) is 15.2. The van der Waals surface area contributed by atoms with Gasteiger partial charge in [0.2, 0.25) is 5.95 Å². The molecule has 0 saturated carbocycles. The van der Waals surface area contributed by atoms with E-state index < -0.39 is 0 Å². The molecular formula is C20H21N5S. The van der Waals surface area contributed by atoms with Crippen molar-refractivity contribution in [3.63, 3.8) is 0 Å². The molecule has 3 rings (SSSR count). The lowest BCUT2D eigenvalue weighted by Crippen LogP contribution is -2.33. The number of thiazole rings is 1. The molecule has 132 valence electrons. The second kappa shape index (κ2) is 7.63. The van der Waals surface area contributed by atoms with Gasteiger partial charge in [0.15, 0.2) is 0 Å². The number of hydrogen-bond acceptors (Lipinski definition) is 6. The van der Waals surface area contributed by atoms with Gasteiger partial charge in [0.05, 0.1) is 11.2 Å². The van der Waals surface area contributed by atoms with Crippen molar-refractivity contribution in [3.05, 3.63) is 58.7 Å². The second-order valence-electron chi connectivity index (χ2n) is 7.34.